The van der Waals surface area contributed by atoms with Crippen molar-refractivity contribution in [3.63, 3.8) is 0 Å². The van der Waals surface area contributed by atoms with Crippen LogP contribution in [0.25, 0.3) is 11.4 Å². The number of hydrogen-bond donors (Lipinski definition) is 2. The normalized spacial score (nSPS) is 13.9. The Morgan fingerprint density at radius 3 is 2.37 bits per heavy atom. The van der Waals surface area contributed by atoms with Crippen molar-refractivity contribution in [3.05, 3.63) is 65.4 Å². The molecule has 2 heterocycles. The van der Waals surface area contributed by atoms with E-state index in [1.165, 1.54) is 6.20 Å². The number of nitrogens with two attached hydrogens (primary N) is 1. The van der Waals surface area contributed by atoms with Gasteiger partial charge < -0.3 is 20.7 Å². The quantitative estimate of drug-likeness (QED) is 0.680. The van der Waals surface area contributed by atoms with Crippen molar-refractivity contribution < 1.29 is 9.53 Å². The molecule has 3 N–H and O–H groups in total. The second kappa shape index (κ2) is 8.51. The van der Waals surface area contributed by atoms with E-state index in [4.69, 9.17) is 10.5 Å². The summed E-state index contributed by atoms with van der Waals surface area (Å²) in [7, 11) is 0. The van der Waals surface area contributed by atoms with Gasteiger partial charge in [0.15, 0.2) is 5.82 Å². The number of aromatic nitrogens is 2. The summed E-state index contributed by atoms with van der Waals surface area (Å²) in [5, 5.41) is 3.35. The van der Waals surface area contributed by atoms with Gasteiger partial charge in [-0.2, -0.15) is 4.98 Å². The maximum atomic E-state index is 11.9. The highest BCUT2D eigenvalue weighted by atomic mass is 16.5. The second-order valence-corrected chi connectivity index (χ2v) is 7.38. The van der Waals surface area contributed by atoms with Crippen molar-refractivity contribution in [2.45, 2.75) is 13.8 Å². The van der Waals surface area contributed by atoms with Crippen LogP contribution < -0.4 is 20.7 Å². The number of anilines is 1. The van der Waals surface area contributed by atoms with E-state index in [0.717, 1.165) is 48.6 Å². The van der Waals surface area contributed by atoms with Crippen molar-refractivity contribution in [2.24, 2.45) is 5.73 Å². The number of carbonyl (C=O) groups excluding carboxylic acids is 1. The van der Waals surface area contributed by atoms with Gasteiger partial charge in [-0.1, -0.05) is 18.2 Å². The summed E-state index contributed by atoms with van der Waals surface area (Å²) in [6.45, 7) is 7.89. The number of aryl methyl sites for hydroxylation is 2. The molecule has 154 valence electrons. The zero-order valence-electron chi connectivity index (χ0n) is 17.2. The third-order valence-electron chi connectivity index (χ3n) is 5.26. The number of hydrogen-bond acceptors (Lipinski definition) is 6. The lowest BCUT2D eigenvalue weighted by atomic mass is 10.0. The number of benzene rings is 2. The highest BCUT2D eigenvalue weighted by Gasteiger charge is 2.18. The summed E-state index contributed by atoms with van der Waals surface area (Å²) in [5.41, 5.74) is 9.84. The van der Waals surface area contributed by atoms with Crippen molar-refractivity contribution in [1.29, 1.82) is 0 Å². The first kappa shape index (κ1) is 19.8. The summed E-state index contributed by atoms with van der Waals surface area (Å²) in [5.74, 6) is 0.617. The van der Waals surface area contributed by atoms with Gasteiger partial charge in [-0.05, 0) is 49.2 Å². The van der Waals surface area contributed by atoms with Crippen LogP contribution in [0.1, 0.15) is 21.5 Å². The Bertz CT molecular complexity index is 1040. The Labute approximate surface area is 175 Å². The van der Waals surface area contributed by atoms with E-state index in [1.54, 1.807) is 0 Å². The summed E-state index contributed by atoms with van der Waals surface area (Å²) in [6, 6.07) is 13.8. The van der Waals surface area contributed by atoms with E-state index in [2.05, 4.69) is 20.2 Å². The molecular formula is C23H25N5O2. The van der Waals surface area contributed by atoms with E-state index in [1.807, 2.05) is 56.3 Å². The Hall–Kier alpha value is -3.45. The summed E-state index contributed by atoms with van der Waals surface area (Å²) >= 11 is 0. The van der Waals surface area contributed by atoms with Crippen LogP contribution in [0.15, 0.2) is 48.7 Å². The largest absolute Gasteiger partial charge is 0.438 e. The Balaban J connectivity index is 1.65. The number of primary amides is 1. The number of amides is 1. The smallest absolute Gasteiger partial charge is 0.255 e. The van der Waals surface area contributed by atoms with Gasteiger partial charge in [-0.15, -0.1) is 0 Å². The fourth-order valence-corrected chi connectivity index (χ4v) is 3.66. The molecule has 7 heteroatoms. The van der Waals surface area contributed by atoms with Crippen LogP contribution in [-0.4, -0.2) is 42.1 Å². The van der Waals surface area contributed by atoms with Gasteiger partial charge in [0, 0.05) is 43.6 Å². The molecule has 0 unspecified atom stereocenters. The predicted molar refractivity (Wildman–Crippen MR) is 117 cm³/mol. The topological polar surface area (TPSA) is 93.4 Å². The molecule has 0 spiro atoms. The van der Waals surface area contributed by atoms with Crippen molar-refractivity contribution in [2.75, 3.05) is 31.1 Å². The van der Waals surface area contributed by atoms with Crippen LogP contribution in [0.3, 0.4) is 0 Å². The zero-order chi connectivity index (χ0) is 21.1. The highest BCUT2D eigenvalue weighted by molar-refractivity contribution is 5.95. The maximum absolute atomic E-state index is 11.9. The first-order valence-corrected chi connectivity index (χ1v) is 10.00. The lowest BCUT2D eigenvalue weighted by molar-refractivity contribution is 0.0997. The molecule has 0 saturated carbocycles. The van der Waals surface area contributed by atoms with Crippen molar-refractivity contribution >= 4 is 11.6 Å². The summed E-state index contributed by atoms with van der Waals surface area (Å²) in [6.07, 6.45) is 1.43. The van der Waals surface area contributed by atoms with Gasteiger partial charge in [-0.25, -0.2) is 4.98 Å². The monoisotopic (exact) mass is 403 g/mol. The number of rotatable bonds is 5. The minimum absolute atomic E-state index is 0.149. The van der Waals surface area contributed by atoms with Gasteiger partial charge in [0.25, 0.3) is 5.91 Å². The summed E-state index contributed by atoms with van der Waals surface area (Å²) < 4.78 is 5.97. The standard InChI is InChI=1S/C23H25N5O2/c1-15-4-3-5-16(2)20(15)22-26-14-19(21(24)29)23(27-22)30-18-8-6-17(7-9-18)28-12-10-25-11-13-28/h3-9,14,25H,10-13H2,1-2H3,(H2,24,29). The molecule has 7 nitrogen and oxygen atoms in total. The molecule has 0 atom stereocenters. The van der Waals surface area contributed by atoms with E-state index in [9.17, 15) is 4.79 Å². The van der Waals surface area contributed by atoms with Gasteiger partial charge in [0.05, 0.1) is 0 Å². The Morgan fingerprint density at radius 2 is 1.73 bits per heavy atom. The molecule has 0 aliphatic carbocycles. The van der Waals surface area contributed by atoms with Crippen molar-refractivity contribution in [1.82, 2.24) is 15.3 Å². The molecule has 0 radical (unpaired) electrons. The molecule has 1 saturated heterocycles. The van der Waals surface area contributed by atoms with Crippen LogP contribution in [0, 0.1) is 13.8 Å². The van der Waals surface area contributed by atoms with E-state index in [-0.39, 0.29) is 11.4 Å². The van der Waals surface area contributed by atoms with E-state index >= 15 is 0 Å². The molecule has 1 aromatic heterocycles. The van der Waals surface area contributed by atoms with Gasteiger partial charge in [-0.3, -0.25) is 4.79 Å². The molecule has 1 aliphatic heterocycles. The SMILES string of the molecule is Cc1cccc(C)c1-c1ncc(C(N)=O)c(Oc2ccc(N3CCNCC3)cc2)n1. The zero-order valence-corrected chi connectivity index (χ0v) is 17.2. The number of nitrogens with zero attached hydrogens (tertiary/aromatic N) is 3. The van der Waals surface area contributed by atoms with E-state index < -0.39 is 5.91 Å². The maximum Gasteiger partial charge on any atom is 0.255 e. The van der Waals surface area contributed by atoms with Gasteiger partial charge in [0.2, 0.25) is 5.88 Å². The molecular weight excluding hydrogens is 378 g/mol. The molecule has 3 aromatic rings. The molecule has 1 fully saturated rings. The Morgan fingerprint density at radius 1 is 1.07 bits per heavy atom. The first-order chi connectivity index (χ1) is 14.5. The first-order valence-electron chi connectivity index (χ1n) is 10.00. The van der Waals surface area contributed by atoms with Crippen LogP contribution in [0.4, 0.5) is 5.69 Å². The van der Waals surface area contributed by atoms with Crippen LogP contribution in [0.2, 0.25) is 0 Å². The second-order valence-electron chi connectivity index (χ2n) is 7.38. The third-order valence-corrected chi connectivity index (χ3v) is 5.26. The van der Waals surface area contributed by atoms with E-state index in [0.29, 0.717) is 11.6 Å². The average molecular weight is 403 g/mol. The average Bonchev–Trinajstić information content (AvgIpc) is 2.75. The van der Waals surface area contributed by atoms with Gasteiger partial charge in [0.1, 0.15) is 11.3 Å². The Kier molecular flexibility index (Phi) is 5.63. The molecule has 0 bridgehead atoms. The fourth-order valence-electron chi connectivity index (χ4n) is 3.66. The molecule has 1 amide bonds. The lowest BCUT2D eigenvalue weighted by Gasteiger charge is -2.29. The third kappa shape index (κ3) is 4.11. The highest BCUT2D eigenvalue weighted by Crippen LogP contribution is 2.30. The number of carbonyl (C=O) groups is 1. The minimum Gasteiger partial charge on any atom is -0.438 e. The molecule has 1 aliphatic rings. The van der Waals surface area contributed by atoms with Crippen LogP contribution in [0.5, 0.6) is 11.6 Å². The molecule has 30 heavy (non-hydrogen) atoms. The number of nitrogens with one attached hydrogen (secondary N) is 1. The molecule has 4 rings (SSSR count). The molecule has 2 aromatic carbocycles. The van der Waals surface area contributed by atoms with Crippen LogP contribution >= 0.6 is 0 Å². The van der Waals surface area contributed by atoms with Gasteiger partial charge >= 0.3 is 0 Å². The summed E-state index contributed by atoms with van der Waals surface area (Å²) in [4.78, 5) is 23.1. The fraction of sp³-hybridized carbons (Fsp3) is 0.261. The minimum atomic E-state index is -0.629. The lowest BCUT2D eigenvalue weighted by Crippen LogP contribution is -2.43. The predicted octanol–water partition coefficient (Wildman–Crippen LogP) is 3.06. The van der Waals surface area contributed by atoms with Crippen LogP contribution in [-0.2, 0) is 0 Å². The number of ether oxygens (including phenoxy) is 1. The van der Waals surface area contributed by atoms with Crippen molar-refractivity contribution in [3.8, 4) is 23.0 Å². The number of piperazine rings is 1.